The summed E-state index contributed by atoms with van der Waals surface area (Å²) in [5, 5.41) is 25.8. The van der Waals surface area contributed by atoms with Crippen molar-refractivity contribution in [1.82, 2.24) is 34.7 Å². The zero-order chi connectivity index (χ0) is 22.4. The molecule has 4 aromatic rings. The van der Waals surface area contributed by atoms with Crippen LogP contribution in [0.5, 0.6) is 0 Å². The van der Waals surface area contributed by atoms with Gasteiger partial charge in [0.2, 0.25) is 0 Å². The third-order valence-electron chi connectivity index (χ3n) is 5.98. The number of anilines is 1. The summed E-state index contributed by atoms with van der Waals surface area (Å²) < 4.78 is 30.1. The summed E-state index contributed by atoms with van der Waals surface area (Å²) in [7, 11) is 1.83. The lowest BCUT2D eigenvalue weighted by atomic mass is 9.99. The van der Waals surface area contributed by atoms with Gasteiger partial charge in [-0.3, -0.25) is 14.5 Å². The van der Waals surface area contributed by atoms with E-state index in [0.29, 0.717) is 47.5 Å². The van der Waals surface area contributed by atoms with Gasteiger partial charge in [0, 0.05) is 32.0 Å². The number of aryl methyl sites for hydroxylation is 1. The summed E-state index contributed by atoms with van der Waals surface area (Å²) >= 11 is 0. The van der Waals surface area contributed by atoms with E-state index in [1.54, 1.807) is 23.1 Å². The van der Waals surface area contributed by atoms with Crippen molar-refractivity contribution in [3.63, 3.8) is 0 Å². The molecule has 1 saturated heterocycles. The van der Waals surface area contributed by atoms with Crippen LogP contribution in [0.25, 0.3) is 33.8 Å². The number of aromatic amines is 1. The number of hydrogen-bond donors (Lipinski definition) is 2. The Morgan fingerprint density at radius 2 is 2.12 bits per heavy atom. The molecule has 0 saturated carbocycles. The Bertz CT molecular complexity index is 1230. The number of aliphatic hydroxyl groups is 1. The van der Waals surface area contributed by atoms with Crippen molar-refractivity contribution in [2.75, 3.05) is 11.4 Å². The maximum absolute atomic E-state index is 13.5. The highest BCUT2D eigenvalue weighted by molar-refractivity contribution is 5.99. The molecular weight excluding hydrogens is 418 g/mol. The molecule has 5 rings (SSSR count). The Balaban J connectivity index is 1.80. The minimum Gasteiger partial charge on any atom is -0.393 e. The molecule has 0 aromatic carbocycles. The van der Waals surface area contributed by atoms with Crippen LogP contribution < -0.4 is 4.90 Å². The standard InChI is InChI=1S/C21H24F2N8O/c1-12-9-13(32)5-8-30(12)17-10-15(16-4-7-25-29(16)2)26-20-19(14-3-6-24-27-14)28-31(21(17)20)11-18(22)23/h3-4,6-7,10,12-13,18,32H,5,8-9,11H2,1-2H3,(H,24,27)/t12-,13-/m1/s1. The molecule has 11 heteroatoms. The Morgan fingerprint density at radius 1 is 1.28 bits per heavy atom. The summed E-state index contributed by atoms with van der Waals surface area (Å²) in [6.45, 7) is 2.09. The minimum absolute atomic E-state index is 0.0224. The third-order valence-corrected chi connectivity index (χ3v) is 5.98. The molecule has 9 nitrogen and oxygen atoms in total. The molecule has 2 atom stereocenters. The smallest absolute Gasteiger partial charge is 0.257 e. The van der Waals surface area contributed by atoms with E-state index in [4.69, 9.17) is 4.98 Å². The zero-order valence-electron chi connectivity index (χ0n) is 17.8. The number of rotatable bonds is 5. The monoisotopic (exact) mass is 442 g/mol. The lowest BCUT2D eigenvalue weighted by molar-refractivity contribution is 0.123. The number of nitrogens with one attached hydrogen (secondary N) is 1. The summed E-state index contributed by atoms with van der Waals surface area (Å²) in [5.41, 5.74) is 4.37. The van der Waals surface area contributed by atoms with Crippen molar-refractivity contribution in [3.8, 4) is 22.8 Å². The first-order valence-electron chi connectivity index (χ1n) is 10.5. The van der Waals surface area contributed by atoms with Crippen LogP contribution in [0.15, 0.2) is 30.6 Å². The number of aromatic nitrogens is 7. The van der Waals surface area contributed by atoms with Crippen LogP contribution in [0.4, 0.5) is 14.5 Å². The van der Waals surface area contributed by atoms with Crippen molar-refractivity contribution in [3.05, 3.63) is 30.6 Å². The second-order valence-electron chi connectivity index (χ2n) is 8.18. The molecule has 0 unspecified atom stereocenters. The number of hydrogen-bond acceptors (Lipinski definition) is 6. The fraction of sp³-hybridized carbons (Fsp3) is 0.429. The van der Waals surface area contributed by atoms with Gasteiger partial charge in [-0.25, -0.2) is 13.8 Å². The molecule has 1 aliphatic heterocycles. The van der Waals surface area contributed by atoms with Gasteiger partial charge in [0.15, 0.2) is 0 Å². The summed E-state index contributed by atoms with van der Waals surface area (Å²) in [5.74, 6) is 0. The van der Waals surface area contributed by atoms with Gasteiger partial charge >= 0.3 is 0 Å². The van der Waals surface area contributed by atoms with Gasteiger partial charge in [0.1, 0.15) is 23.3 Å². The van der Waals surface area contributed by atoms with Gasteiger partial charge in [-0.2, -0.15) is 15.3 Å². The van der Waals surface area contributed by atoms with Crippen LogP contribution in [-0.4, -0.2) is 65.0 Å². The van der Waals surface area contributed by atoms with Crippen LogP contribution >= 0.6 is 0 Å². The molecule has 5 heterocycles. The van der Waals surface area contributed by atoms with Crippen LogP contribution in [0.3, 0.4) is 0 Å². The van der Waals surface area contributed by atoms with E-state index >= 15 is 0 Å². The highest BCUT2D eigenvalue weighted by Crippen LogP contribution is 2.38. The molecule has 168 valence electrons. The number of nitrogens with zero attached hydrogens (tertiary/aromatic N) is 7. The van der Waals surface area contributed by atoms with E-state index in [1.165, 1.54) is 4.68 Å². The summed E-state index contributed by atoms with van der Waals surface area (Å²) in [6, 6.07) is 5.54. The number of alkyl halides is 2. The molecule has 0 radical (unpaired) electrons. The van der Waals surface area contributed by atoms with Gasteiger partial charge in [-0.15, -0.1) is 0 Å². The van der Waals surface area contributed by atoms with Crippen LogP contribution in [0.2, 0.25) is 0 Å². The van der Waals surface area contributed by atoms with Crippen molar-refractivity contribution in [2.24, 2.45) is 7.05 Å². The predicted octanol–water partition coefficient (Wildman–Crippen LogP) is 2.84. The fourth-order valence-electron chi connectivity index (χ4n) is 4.48. The number of fused-ring (bicyclic) bond motifs is 1. The molecule has 32 heavy (non-hydrogen) atoms. The van der Waals surface area contributed by atoms with E-state index in [-0.39, 0.29) is 12.1 Å². The van der Waals surface area contributed by atoms with Crippen LogP contribution in [0, 0.1) is 0 Å². The third kappa shape index (κ3) is 3.52. The summed E-state index contributed by atoms with van der Waals surface area (Å²) in [6.07, 6.45) is 1.54. The van der Waals surface area contributed by atoms with E-state index < -0.39 is 13.0 Å². The van der Waals surface area contributed by atoms with Gasteiger partial charge in [-0.05, 0) is 38.0 Å². The topological polar surface area (TPSA) is 101 Å². The van der Waals surface area contributed by atoms with Crippen molar-refractivity contribution < 1.29 is 13.9 Å². The number of H-pyrrole nitrogens is 1. The first-order chi connectivity index (χ1) is 15.4. The highest BCUT2D eigenvalue weighted by Gasteiger charge is 2.30. The number of pyridine rings is 1. The minimum atomic E-state index is -2.57. The average Bonchev–Trinajstić information content (AvgIpc) is 3.47. The SMILES string of the molecule is C[C@@H]1C[C@H](O)CCN1c1cc(-c2ccnn2C)nc2c(-c3ccn[nH]3)nn(CC(F)F)c12. The quantitative estimate of drug-likeness (QED) is 0.493. The van der Waals surface area contributed by atoms with Crippen LogP contribution in [-0.2, 0) is 13.6 Å². The van der Waals surface area contributed by atoms with Gasteiger partial charge in [-0.1, -0.05) is 0 Å². The Morgan fingerprint density at radius 3 is 2.78 bits per heavy atom. The summed E-state index contributed by atoms with van der Waals surface area (Å²) in [4.78, 5) is 6.99. The first kappa shape index (κ1) is 20.6. The average molecular weight is 442 g/mol. The predicted molar refractivity (Wildman–Crippen MR) is 115 cm³/mol. The Kier molecular flexibility index (Phi) is 5.12. The second kappa shape index (κ2) is 7.97. The molecule has 2 N–H and O–H groups in total. The van der Waals surface area contributed by atoms with E-state index in [9.17, 15) is 13.9 Å². The largest absolute Gasteiger partial charge is 0.393 e. The first-order valence-corrected chi connectivity index (χ1v) is 10.5. The second-order valence-corrected chi connectivity index (χ2v) is 8.18. The maximum Gasteiger partial charge on any atom is 0.257 e. The number of piperidine rings is 1. The van der Waals surface area contributed by atoms with Crippen molar-refractivity contribution >= 4 is 16.7 Å². The van der Waals surface area contributed by atoms with E-state index in [2.05, 4.69) is 25.3 Å². The van der Waals surface area contributed by atoms with Gasteiger partial charge < -0.3 is 10.0 Å². The number of halogens is 2. The molecule has 0 spiro atoms. The maximum atomic E-state index is 13.5. The van der Waals surface area contributed by atoms with Gasteiger partial charge in [0.05, 0.1) is 28.9 Å². The highest BCUT2D eigenvalue weighted by atomic mass is 19.3. The molecule has 0 amide bonds. The molecule has 0 aliphatic carbocycles. The molecular formula is C21H24F2N8O. The molecule has 4 aromatic heterocycles. The van der Waals surface area contributed by atoms with Crippen LogP contribution in [0.1, 0.15) is 19.8 Å². The lowest BCUT2D eigenvalue weighted by Gasteiger charge is -2.38. The van der Waals surface area contributed by atoms with Crippen molar-refractivity contribution in [2.45, 2.75) is 44.9 Å². The van der Waals surface area contributed by atoms with Crippen molar-refractivity contribution in [1.29, 1.82) is 0 Å². The molecule has 1 fully saturated rings. The molecule has 1 aliphatic rings. The molecule has 0 bridgehead atoms. The zero-order valence-corrected chi connectivity index (χ0v) is 17.8. The normalized spacial score (nSPS) is 19.4. The fourth-order valence-corrected chi connectivity index (χ4v) is 4.48. The van der Waals surface area contributed by atoms with E-state index in [0.717, 1.165) is 11.4 Å². The Hall–Kier alpha value is -3.34. The van der Waals surface area contributed by atoms with Gasteiger partial charge in [0.25, 0.3) is 6.43 Å². The van der Waals surface area contributed by atoms with E-state index in [1.807, 2.05) is 26.1 Å². The Labute approximate surface area is 182 Å². The number of aliphatic hydroxyl groups excluding tert-OH is 1. The lowest BCUT2D eigenvalue weighted by Crippen LogP contribution is -2.43.